The van der Waals surface area contributed by atoms with Gasteiger partial charge in [0, 0.05) is 32.6 Å². The van der Waals surface area contributed by atoms with Gasteiger partial charge in [-0.3, -0.25) is 14.5 Å². The number of fused-ring (bicyclic) bond motifs is 3. The molecule has 3 heterocycles. The Morgan fingerprint density at radius 1 is 1.30 bits per heavy atom. The van der Waals surface area contributed by atoms with Crippen molar-refractivity contribution >= 4 is 11.8 Å². The van der Waals surface area contributed by atoms with Gasteiger partial charge in [-0.1, -0.05) is 25.8 Å². The van der Waals surface area contributed by atoms with E-state index in [1.54, 1.807) is 12.1 Å². The van der Waals surface area contributed by atoms with Crippen LogP contribution in [0.3, 0.4) is 0 Å². The second-order valence-electron chi connectivity index (χ2n) is 10.1. The lowest BCUT2D eigenvalue weighted by Gasteiger charge is -2.42. The minimum atomic E-state index is -0.750. The minimum absolute atomic E-state index is 0.0166. The highest BCUT2D eigenvalue weighted by Gasteiger charge is 2.51. The second-order valence-corrected chi connectivity index (χ2v) is 10.1. The van der Waals surface area contributed by atoms with Crippen LogP contribution in [0.2, 0.25) is 0 Å². The largest absolute Gasteiger partial charge is 0.368 e. The lowest BCUT2D eigenvalue weighted by molar-refractivity contribution is -0.147. The van der Waals surface area contributed by atoms with Crippen LogP contribution < -0.4 is 0 Å². The lowest BCUT2D eigenvalue weighted by atomic mass is 9.82. The third kappa shape index (κ3) is 4.37. The van der Waals surface area contributed by atoms with Crippen LogP contribution in [0.15, 0.2) is 30.1 Å². The number of ether oxygens (including phenoxy) is 1. The maximum absolute atomic E-state index is 13.7. The Balaban J connectivity index is 1.50. The fourth-order valence-corrected chi connectivity index (χ4v) is 4.88. The molecule has 2 saturated heterocycles. The Morgan fingerprint density at radius 3 is 2.76 bits per heavy atom. The van der Waals surface area contributed by atoms with Crippen molar-refractivity contribution in [2.75, 3.05) is 26.2 Å². The van der Waals surface area contributed by atoms with Crippen LogP contribution in [0.4, 0.5) is 4.39 Å². The van der Waals surface area contributed by atoms with Gasteiger partial charge in [0.2, 0.25) is 11.8 Å². The van der Waals surface area contributed by atoms with Crippen molar-refractivity contribution in [1.29, 1.82) is 0 Å². The van der Waals surface area contributed by atoms with Crippen LogP contribution in [-0.2, 0) is 20.9 Å². The van der Waals surface area contributed by atoms with Gasteiger partial charge in [-0.25, -0.2) is 4.39 Å². The van der Waals surface area contributed by atoms with Crippen LogP contribution in [0.1, 0.15) is 45.2 Å². The van der Waals surface area contributed by atoms with Crippen molar-refractivity contribution < 1.29 is 18.7 Å². The van der Waals surface area contributed by atoms with Gasteiger partial charge in [-0.15, -0.1) is 6.42 Å². The predicted molar refractivity (Wildman–Crippen MR) is 123 cm³/mol. The monoisotopic (exact) mass is 453 g/mol. The summed E-state index contributed by atoms with van der Waals surface area (Å²) in [5.74, 6) is 3.30. The molecule has 0 N–H and O–H groups in total. The summed E-state index contributed by atoms with van der Waals surface area (Å²) < 4.78 is 19.9. The molecule has 2 amide bonds. The first-order chi connectivity index (χ1) is 15.6. The molecule has 1 aromatic rings. The SMILES string of the molecule is C#Cc1cc(COC2C=C3N(CC4CN(C(=O)CC(C)C)CCN34)C(=O)C2(C)C)ccc1F. The molecule has 7 heteroatoms. The summed E-state index contributed by atoms with van der Waals surface area (Å²) in [4.78, 5) is 32.0. The topological polar surface area (TPSA) is 53.1 Å². The van der Waals surface area contributed by atoms with Gasteiger partial charge in [-0.2, -0.15) is 0 Å². The van der Waals surface area contributed by atoms with Crippen LogP contribution in [-0.4, -0.2) is 64.8 Å². The molecule has 0 aliphatic carbocycles. The summed E-state index contributed by atoms with van der Waals surface area (Å²) >= 11 is 0. The molecule has 0 saturated carbocycles. The average molecular weight is 454 g/mol. The van der Waals surface area contributed by atoms with Gasteiger partial charge in [0.15, 0.2) is 0 Å². The molecule has 33 heavy (non-hydrogen) atoms. The molecule has 0 aromatic heterocycles. The summed E-state index contributed by atoms with van der Waals surface area (Å²) in [5.41, 5.74) is 0.207. The number of terminal acetylenes is 1. The molecule has 2 atom stereocenters. The number of benzene rings is 1. The zero-order valence-electron chi connectivity index (χ0n) is 19.8. The molecule has 2 unspecified atom stereocenters. The fourth-order valence-electron chi connectivity index (χ4n) is 4.88. The Labute approximate surface area is 195 Å². The van der Waals surface area contributed by atoms with E-state index in [1.807, 2.05) is 29.7 Å². The molecule has 2 fully saturated rings. The quantitative estimate of drug-likeness (QED) is 0.644. The number of piperazine rings is 1. The van der Waals surface area contributed by atoms with Crippen molar-refractivity contribution in [3.63, 3.8) is 0 Å². The number of nitrogens with zero attached hydrogens (tertiary/aromatic N) is 3. The molecule has 3 aliphatic rings. The number of halogens is 1. The van der Waals surface area contributed by atoms with E-state index < -0.39 is 17.3 Å². The van der Waals surface area contributed by atoms with Gasteiger partial charge in [0.1, 0.15) is 11.6 Å². The van der Waals surface area contributed by atoms with Gasteiger partial charge in [0.25, 0.3) is 0 Å². The van der Waals surface area contributed by atoms with Crippen molar-refractivity contribution in [2.24, 2.45) is 11.3 Å². The summed E-state index contributed by atoms with van der Waals surface area (Å²) in [6.45, 7) is 10.7. The van der Waals surface area contributed by atoms with Crippen LogP contribution in [0, 0.1) is 29.5 Å². The van der Waals surface area contributed by atoms with Gasteiger partial charge in [-0.05, 0) is 43.5 Å². The van der Waals surface area contributed by atoms with Crippen molar-refractivity contribution in [2.45, 2.75) is 52.9 Å². The van der Waals surface area contributed by atoms with Crippen molar-refractivity contribution in [3.05, 3.63) is 47.0 Å². The third-order valence-corrected chi connectivity index (χ3v) is 6.81. The molecule has 6 nitrogen and oxygen atoms in total. The number of rotatable bonds is 5. The van der Waals surface area contributed by atoms with E-state index in [4.69, 9.17) is 11.2 Å². The molecule has 4 rings (SSSR count). The van der Waals surface area contributed by atoms with Crippen LogP contribution in [0.25, 0.3) is 0 Å². The zero-order valence-corrected chi connectivity index (χ0v) is 19.8. The van der Waals surface area contributed by atoms with E-state index >= 15 is 0 Å². The standard InChI is InChI=1S/C26H32FN3O3/c1-6-19-12-18(7-8-21(19)27)16-33-22-13-23-29-10-9-28(24(31)11-17(2)3)14-20(29)15-30(23)25(32)26(22,4)5/h1,7-8,12-13,17,20,22H,9-11,14-16H2,2-5H3. The van der Waals surface area contributed by atoms with Gasteiger partial charge >= 0.3 is 0 Å². The second kappa shape index (κ2) is 8.83. The lowest BCUT2D eigenvalue weighted by Crippen LogP contribution is -2.53. The molecular formula is C26H32FN3O3. The Hall–Kier alpha value is -2.85. The highest BCUT2D eigenvalue weighted by Crippen LogP contribution is 2.40. The maximum atomic E-state index is 13.7. The smallest absolute Gasteiger partial charge is 0.236 e. The number of hydrogen-bond donors (Lipinski definition) is 0. The number of amides is 2. The first-order valence-electron chi connectivity index (χ1n) is 11.6. The molecule has 0 bridgehead atoms. The molecule has 176 valence electrons. The predicted octanol–water partition coefficient (Wildman–Crippen LogP) is 2.97. The molecule has 3 aliphatic heterocycles. The Bertz CT molecular complexity index is 1030. The highest BCUT2D eigenvalue weighted by atomic mass is 19.1. The maximum Gasteiger partial charge on any atom is 0.236 e. The van der Waals surface area contributed by atoms with E-state index in [0.29, 0.717) is 38.5 Å². The molecule has 0 spiro atoms. The van der Waals surface area contributed by atoms with E-state index in [2.05, 4.69) is 24.7 Å². The summed E-state index contributed by atoms with van der Waals surface area (Å²) in [7, 11) is 0. The first-order valence-corrected chi connectivity index (χ1v) is 11.6. The fraction of sp³-hybridized carbons (Fsp3) is 0.538. The van der Waals surface area contributed by atoms with Crippen LogP contribution in [0.5, 0.6) is 0 Å². The average Bonchev–Trinajstić information content (AvgIpc) is 3.13. The van der Waals surface area contributed by atoms with E-state index in [9.17, 15) is 14.0 Å². The molecular weight excluding hydrogens is 421 g/mol. The highest BCUT2D eigenvalue weighted by molar-refractivity contribution is 5.86. The number of carbonyl (C=O) groups excluding carboxylic acids is 2. The van der Waals surface area contributed by atoms with Crippen LogP contribution >= 0.6 is 0 Å². The Morgan fingerprint density at radius 2 is 2.06 bits per heavy atom. The number of hydrogen-bond acceptors (Lipinski definition) is 4. The third-order valence-electron chi connectivity index (χ3n) is 6.81. The first kappa shape index (κ1) is 23.3. The van der Waals surface area contributed by atoms with Gasteiger partial charge < -0.3 is 14.5 Å². The number of carbonyl (C=O) groups is 2. The van der Waals surface area contributed by atoms with E-state index in [0.717, 1.165) is 11.4 Å². The Kier molecular flexibility index (Phi) is 6.24. The molecule has 0 radical (unpaired) electrons. The summed E-state index contributed by atoms with van der Waals surface area (Å²) in [6, 6.07) is 4.68. The summed E-state index contributed by atoms with van der Waals surface area (Å²) in [6.07, 6.45) is 7.51. The summed E-state index contributed by atoms with van der Waals surface area (Å²) in [5, 5.41) is 0. The molecule has 1 aromatic carbocycles. The van der Waals surface area contributed by atoms with E-state index in [-0.39, 0.29) is 30.0 Å². The van der Waals surface area contributed by atoms with Crippen molar-refractivity contribution in [1.82, 2.24) is 14.7 Å². The van der Waals surface area contributed by atoms with Gasteiger partial charge in [0.05, 0.1) is 29.7 Å². The zero-order chi connectivity index (χ0) is 23.9. The minimum Gasteiger partial charge on any atom is -0.368 e. The van der Waals surface area contributed by atoms with Crippen molar-refractivity contribution in [3.8, 4) is 12.3 Å². The normalized spacial score (nSPS) is 23.8. The van der Waals surface area contributed by atoms with E-state index in [1.165, 1.54) is 6.07 Å².